The summed E-state index contributed by atoms with van der Waals surface area (Å²) in [6, 6.07) is 7.23. The highest BCUT2D eigenvalue weighted by Crippen LogP contribution is 2.48. The van der Waals surface area contributed by atoms with Gasteiger partial charge in [-0.25, -0.2) is 4.79 Å². The molecule has 2 N–H and O–H groups in total. The van der Waals surface area contributed by atoms with Gasteiger partial charge in [0.05, 0.1) is 18.4 Å². The quantitative estimate of drug-likeness (QED) is 0.788. The smallest absolute Gasteiger partial charge is 0.410 e. The molecule has 2 aliphatic carbocycles. The Hall–Kier alpha value is -2.83. The Morgan fingerprint density at radius 2 is 1.85 bits per heavy atom. The fourth-order valence-corrected chi connectivity index (χ4v) is 4.23. The van der Waals surface area contributed by atoms with Crippen molar-refractivity contribution >= 4 is 23.7 Å². The van der Waals surface area contributed by atoms with Gasteiger partial charge in [0, 0.05) is 12.2 Å². The lowest BCUT2D eigenvalue weighted by Crippen LogP contribution is -2.36. The Balaban J connectivity index is 1.41. The van der Waals surface area contributed by atoms with E-state index in [1.165, 1.54) is 0 Å². The lowest BCUT2D eigenvalue weighted by molar-refractivity contribution is -0.146. The van der Waals surface area contributed by atoms with E-state index in [0.717, 1.165) is 12.0 Å². The number of benzene rings is 1. The van der Waals surface area contributed by atoms with Crippen molar-refractivity contribution in [2.45, 2.75) is 13.0 Å². The molecule has 0 unspecified atom stereocenters. The number of fused-ring (bicyclic) bond motifs is 2. The molecule has 2 fully saturated rings. The molecule has 26 heavy (non-hydrogen) atoms. The maximum atomic E-state index is 12.6. The van der Waals surface area contributed by atoms with Gasteiger partial charge in [-0.05, 0) is 36.0 Å². The number of rotatable bonds is 5. The summed E-state index contributed by atoms with van der Waals surface area (Å²) in [7, 11) is 0. The summed E-state index contributed by atoms with van der Waals surface area (Å²) in [6.07, 6.45) is 4.31. The van der Waals surface area contributed by atoms with Gasteiger partial charge in [0.1, 0.15) is 6.61 Å². The molecule has 0 aromatic heterocycles. The molecule has 0 radical (unpaired) electrons. The summed E-state index contributed by atoms with van der Waals surface area (Å²) >= 11 is 0. The fourth-order valence-electron chi connectivity index (χ4n) is 4.23. The molecule has 136 valence electrons. The predicted molar refractivity (Wildman–Crippen MR) is 92.2 cm³/mol. The zero-order chi connectivity index (χ0) is 18.3. The minimum Gasteiger partial charge on any atom is -0.481 e. The molecular weight excluding hydrogens is 336 g/mol. The SMILES string of the molecule is O=C(O)[C@H]1[C@H](C(=O)Nc2ccc(CN3CCOC3=O)cc2)[C@H]2C=C[C@H]1C2. The predicted octanol–water partition coefficient (Wildman–Crippen LogP) is 2.10. The maximum absolute atomic E-state index is 12.6. The molecule has 1 aliphatic heterocycles. The standard InChI is InChI=1S/C19H20N2O5/c22-17(15-12-3-4-13(9-12)16(15)18(23)24)20-14-5-1-11(2-6-14)10-21-7-8-26-19(21)25/h1-6,12-13,15-16H,7-10H2,(H,20,22)(H,23,24)/t12-,13-,15+,16+/m0/s1. The molecule has 7 heteroatoms. The lowest BCUT2D eigenvalue weighted by atomic mass is 9.82. The van der Waals surface area contributed by atoms with E-state index in [4.69, 9.17) is 4.74 Å². The van der Waals surface area contributed by atoms with Gasteiger partial charge in [0.2, 0.25) is 5.91 Å². The van der Waals surface area contributed by atoms with Gasteiger partial charge in [0.15, 0.2) is 0 Å². The van der Waals surface area contributed by atoms with Crippen molar-refractivity contribution in [1.29, 1.82) is 0 Å². The molecule has 1 saturated carbocycles. The first-order valence-electron chi connectivity index (χ1n) is 8.75. The number of cyclic esters (lactones) is 1. The van der Waals surface area contributed by atoms with Crippen LogP contribution in [-0.4, -0.2) is 41.1 Å². The van der Waals surface area contributed by atoms with Gasteiger partial charge in [-0.2, -0.15) is 0 Å². The number of hydrogen-bond donors (Lipinski definition) is 2. The average molecular weight is 356 g/mol. The van der Waals surface area contributed by atoms with Crippen LogP contribution in [0.3, 0.4) is 0 Å². The fraction of sp³-hybridized carbons (Fsp3) is 0.421. The molecule has 0 spiro atoms. The van der Waals surface area contributed by atoms with Gasteiger partial charge in [0.25, 0.3) is 0 Å². The monoisotopic (exact) mass is 356 g/mol. The number of nitrogens with one attached hydrogen (secondary N) is 1. The summed E-state index contributed by atoms with van der Waals surface area (Å²) in [4.78, 5) is 37.3. The largest absolute Gasteiger partial charge is 0.481 e. The number of anilines is 1. The molecule has 7 nitrogen and oxygen atoms in total. The first-order valence-corrected chi connectivity index (χ1v) is 8.75. The number of ether oxygens (including phenoxy) is 1. The molecule has 2 amide bonds. The average Bonchev–Trinajstić information content (AvgIpc) is 3.33. The summed E-state index contributed by atoms with van der Waals surface area (Å²) in [5, 5.41) is 12.3. The van der Waals surface area contributed by atoms with Gasteiger partial charge in [-0.3, -0.25) is 9.59 Å². The van der Waals surface area contributed by atoms with Crippen LogP contribution in [0.5, 0.6) is 0 Å². The first-order chi connectivity index (χ1) is 12.5. The zero-order valence-corrected chi connectivity index (χ0v) is 14.1. The highest BCUT2D eigenvalue weighted by molar-refractivity contribution is 5.96. The van der Waals surface area contributed by atoms with E-state index in [0.29, 0.717) is 25.4 Å². The Labute approximate surface area is 150 Å². The van der Waals surface area contributed by atoms with Crippen molar-refractivity contribution < 1.29 is 24.2 Å². The maximum Gasteiger partial charge on any atom is 0.410 e. The topological polar surface area (TPSA) is 95.9 Å². The van der Waals surface area contributed by atoms with Crippen LogP contribution in [0.1, 0.15) is 12.0 Å². The van der Waals surface area contributed by atoms with Gasteiger partial charge in [-0.1, -0.05) is 24.3 Å². The van der Waals surface area contributed by atoms with E-state index < -0.39 is 17.8 Å². The molecule has 1 aromatic rings. The molecule has 4 rings (SSSR count). The molecule has 1 saturated heterocycles. The van der Waals surface area contributed by atoms with Crippen LogP contribution in [0.25, 0.3) is 0 Å². The normalized spacial score (nSPS) is 29.1. The third kappa shape index (κ3) is 2.94. The molecule has 2 bridgehead atoms. The van der Waals surface area contributed by atoms with Crippen molar-refractivity contribution in [3.8, 4) is 0 Å². The molecule has 1 heterocycles. The molecule has 3 aliphatic rings. The van der Waals surface area contributed by atoms with Gasteiger partial charge in [-0.15, -0.1) is 0 Å². The number of nitrogens with zero attached hydrogens (tertiary/aromatic N) is 1. The van der Waals surface area contributed by atoms with E-state index in [1.807, 2.05) is 24.3 Å². The van der Waals surface area contributed by atoms with E-state index in [9.17, 15) is 19.5 Å². The Kier molecular flexibility index (Phi) is 4.14. The number of amides is 2. The number of allylic oxidation sites excluding steroid dienone is 2. The number of hydrogen-bond acceptors (Lipinski definition) is 4. The van der Waals surface area contributed by atoms with Crippen LogP contribution in [-0.2, 0) is 20.9 Å². The van der Waals surface area contributed by atoms with Crippen molar-refractivity contribution in [2.75, 3.05) is 18.5 Å². The van der Waals surface area contributed by atoms with Crippen molar-refractivity contribution in [3.63, 3.8) is 0 Å². The Morgan fingerprint density at radius 1 is 1.15 bits per heavy atom. The lowest BCUT2D eigenvalue weighted by Gasteiger charge is -2.24. The Morgan fingerprint density at radius 3 is 2.46 bits per heavy atom. The van der Waals surface area contributed by atoms with Crippen LogP contribution < -0.4 is 5.32 Å². The minimum absolute atomic E-state index is 0.00144. The summed E-state index contributed by atoms with van der Waals surface area (Å²) in [5.41, 5.74) is 1.56. The summed E-state index contributed by atoms with van der Waals surface area (Å²) in [5.74, 6) is -2.37. The van der Waals surface area contributed by atoms with Crippen LogP contribution in [0, 0.1) is 23.7 Å². The van der Waals surface area contributed by atoms with Crippen LogP contribution in [0.2, 0.25) is 0 Å². The van der Waals surface area contributed by atoms with Crippen LogP contribution >= 0.6 is 0 Å². The summed E-state index contributed by atoms with van der Waals surface area (Å²) in [6.45, 7) is 1.45. The number of carboxylic acids is 1. The second-order valence-electron chi connectivity index (χ2n) is 7.06. The van der Waals surface area contributed by atoms with Gasteiger partial charge >= 0.3 is 12.1 Å². The number of carbonyl (C=O) groups is 3. The second-order valence-corrected chi connectivity index (χ2v) is 7.06. The third-order valence-corrected chi connectivity index (χ3v) is 5.49. The van der Waals surface area contributed by atoms with Gasteiger partial charge < -0.3 is 20.1 Å². The molecular formula is C19H20N2O5. The van der Waals surface area contributed by atoms with Crippen LogP contribution in [0.15, 0.2) is 36.4 Å². The number of carboxylic acid groups (broad SMARTS) is 1. The van der Waals surface area contributed by atoms with E-state index >= 15 is 0 Å². The van der Waals surface area contributed by atoms with E-state index in [2.05, 4.69) is 5.32 Å². The zero-order valence-electron chi connectivity index (χ0n) is 14.1. The van der Waals surface area contributed by atoms with Crippen molar-refractivity contribution in [2.24, 2.45) is 23.7 Å². The second kappa shape index (κ2) is 6.48. The Bertz CT molecular complexity index is 773. The number of aliphatic carboxylic acids is 1. The highest BCUT2D eigenvalue weighted by Gasteiger charge is 2.51. The summed E-state index contributed by atoms with van der Waals surface area (Å²) < 4.78 is 4.90. The molecule has 1 aromatic carbocycles. The van der Waals surface area contributed by atoms with Crippen molar-refractivity contribution in [3.05, 3.63) is 42.0 Å². The minimum atomic E-state index is -0.908. The molecule has 4 atom stereocenters. The van der Waals surface area contributed by atoms with E-state index in [-0.39, 0.29) is 23.8 Å². The van der Waals surface area contributed by atoms with Crippen molar-refractivity contribution in [1.82, 2.24) is 4.90 Å². The highest BCUT2D eigenvalue weighted by atomic mass is 16.6. The van der Waals surface area contributed by atoms with Crippen LogP contribution in [0.4, 0.5) is 10.5 Å². The first kappa shape index (κ1) is 16.6. The number of carbonyl (C=O) groups excluding carboxylic acids is 2. The third-order valence-electron chi connectivity index (χ3n) is 5.49. The van der Waals surface area contributed by atoms with E-state index in [1.54, 1.807) is 17.0 Å².